The summed E-state index contributed by atoms with van der Waals surface area (Å²) >= 11 is 0. The Kier molecular flexibility index (Phi) is 6.33. The number of carbonyl (C=O) groups excluding carboxylic acids is 2. The molecule has 2 rings (SSSR count). The minimum atomic E-state index is -3.78. The van der Waals surface area contributed by atoms with Crippen molar-refractivity contribution in [2.45, 2.75) is 43.5 Å². The van der Waals surface area contributed by atoms with Crippen molar-refractivity contribution in [1.82, 2.24) is 10.0 Å². The van der Waals surface area contributed by atoms with Crippen LogP contribution in [0.3, 0.4) is 0 Å². The summed E-state index contributed by atoms with van der Waals surface area (Å²) in [5, 5.41) is 2.78. The fourth-order valence-corrected chi connectivity index (χ4v) is 3.46. The highest BCUT2D eigenvalue weighted by molar-refractivity contribution is 7.89. The van der Waals surface area contributed by atoms with E-state index in [4.69, 9.17) is 4.74 Å². The van der Waals surface area contributed by atoms with E-state index in [0.29, 0.717) is 0 Å². The van der Waals surface area contributed by atoms with Crippen molar-refractivity contribution in [2.75, 3.05) is 13.2 Å². The number of amides is 1. The lowest BCUT2D eigenvalue weighted by Gasteiger charge is -2.12. The van der Waals surface area contributed by atoms with E-state index in [1.54, 1.807) is 12.1 Å². The molecule has 0 aliphatic heterocycles. The lowest BCUT2D eigenvalue weighted by molar-refractivity contribution is -0.147. The van der Waals surface area contributed by atoms with Gasteiger partial charge in [0.15, 0.2) is 6.61 Å². The van der Waals surface area contributed by atoms with Crippen molar-refractivity contribution < 1.29 is 22.7 Å². The second kappa shape index (κ2) is 8.25. The van der Waals surface area contributed by atoms with E-state index in [2.05, 4.69) is 10.0 Å². The monoisotopic (exact) mass is 354 g/mol. The summed E-state index contributed by atoms with van der Waals surface area (Å²) in [6.45, 7) is 0.923. The zero-order valence-electron chi connectivity index (χ0n) is 13.6. The normalized spacial score (nSPS) is 15.2. The van der Waals surface area contributed by atoms with Crippen LogP contribution >= 0.6 is 0 Å². The number of benzene rings is 1. The van der Waals surface area contributed by atoms with Crippen LogP contribution < -0.4 is 10.0 Å². The van der Waals surface area contributed by atoms with Crippen LogP contribution in [0.2, 0.25) is 0 Å². The number of hydrogen-bond acceptors (Lipinski definition) is 5. The zero-order chi connectivity index (χ0) is 17.6. The molecule has 0 unspecified atom stereocenters. The fourth-order valence-electron chi connectivity index (χ4n) is 2.49. The molecule has 0 heterocycles. The van der Waals surface area contributed by atoms with Gasteiger partial charge in [-0.15, -0.1) is 0 Å². The molecule has 1 fully saturated rings. The number of rotatable bonds is 7. The third kappa shape index (κ3) is 5.61. The highest BCUT2D eigenvalue weighted by Gasteiger charge is 2.19. The molecular formula is C16H22N2O5S. The van der Waals surface area contributed by atoms with E-state index >= 15 is 0 Å². The molecule has 0 aromatic heterocycles. The summed E-state index contributed by atoms with van der Waals surface area (Å²) in [6, 6.07) is 6.40. The number of esters is 1. The molecule has 1 aliphatic carbocycles. The van der Waals surface area contributed by atoms with Crippen molar-refractivity contribution in [3.05, 3.63) is 29.8 Å². The van der Waals surface area contributed by atoms with Crippen molar-refractivity contribution >= 4 is 21.9 Å². The SMILES string of the molecule is Cc1ccc(S(=O)(=O)NCC(=O)OCC(=O)NC2CCCC2)cc1. The number of aryl methyl sites for hydroxylation is 1. The number of sulfonamides is 1. The highest BCUT2D eigenvalue weighted by Crippen LogP contribution is 2.17. The second-order valence-corrected chi connectivity index (χ2v) is 7.61. The Morgan fingerprint density at radius 1 is 1.17 bits per heavy atom. The van der Waals surface area contributed by atoms with Gasteiger partial charge in [-0.2, -0.15) is 4.72 Å². The minimum Gasteiger partial charge on any atom is -0.455 e. The maximum atomic E-state index is 12.0. The third-order valence-corrected chi connectivity index (χ3v) is 5.24. The molecule has 1 amide bonds. The van der Waals surface area contributed by atoms with Gasteiger partial charge in [-0.25, -0.2) is 8.42 Å². The van der Waals surface area contributed by atoms with Crippen molar-refractivity contribution in [3.63, 3.8) is 0 Å². The molecule has 7 nitrogen and oxygen atoms in total. The van der Waals surface area contributed by atoms with E-state index < -0.39 is 29.1 Å². The van der Waals surface area contributed by atoms with E-state index in [1.807, 2.05) is 6.92 Å². The zero-order valence-corrected chi connectivity index (χ0v) is 14.4. The molecule has 1 aromatic carbocycles. The van der Waals surface area contributed by atoms with Crippen LogP contribution in [0.4, 0.5) is 0 Å². The first-order chi connectivity index (χ1) is 11.4. The first kappa shape index (κ1) is 18.4. The van der Waals surface area contributed by atoms with Crippen LogP contribution in [0.25, 0.3) is 0 Å². The smallest absolute Gasteiger partial charge is 0.321 e. The Bertz CT molecular complexity index is 679. The quantitative estimate of drug-likeness (QED) is 0.708. The Labute approximate surface area is 141 Å². The van der Waals surface area contributed by atoms with Crippen LogP contribution in [0.5, 0.6) is 0 Å². The average Bonchev–Trinajstić information content (AvgIpc) is 3.04. The van der Waals surface area contributed by atoms with Crippen molar-refractivity contribution in [1.29, 1.82) is 0 Å². The van der Waals surface area contributed by atoms with Gasteiger partial charge in [0.25, 0.3) is 5.91 Å². The Morgan fingerprint density at radius 3 is 2.42 bits per heavy atom. The van der Waals surface area contributed by atoms with Crippen molar-refractivity contribution in [2.24, 2.45) is 0 Å². The van der Waals surface area contributed by atoms with Gasteiger partial charge in [-0.1, -0.05) is 30.5 Å². The van der Waals surface area contributed by atoms with Gasteiger partial charge in [0.05, 0.1) is 4.90 Å². The van der Waals surface area contributed by atoms with Crippen LogP contribution in [-0.4, -0.2) is 39.5 Å². The van der Waals surface area contributed by atoms with Gasteiger partial charge < -0.3 is 10.1 Å². The lowest BCUT2D eigenvalue weighted by Crippen LogP contribution is -2.37. The summed E-state index contributed by atoms with van der Waals surface area (Å²) in [7, 11) is -3.78. The van der Waals surface area contributed by atoms with E-state index in [9.17, 15) is 18.0 Å². The Balaban J connectivity index is 1.73. The summed E-state index contributed by atoms with van der Waals surface area (Å²) in [5.41, 5.74) is 0.932. The first-order valence-electron chi connectivity index (χ1n) is 7.88. The fraction of sp³-hybridized carbons (Fsp3) is 0.500. The Hall–Kier alpha value is -1.93. The largest absolute Gasteiger partial charge is 0.455 e. The highest BCUT2D eigenvalue weighted by atomic mass is 32.2. The topological polar surface area (TPSA) is 102 Å². The molecule has 2 N–H and O–H groups in total. The summed E-state index contributed by atoms with van der Waals surface area (Å²) in [5.74, 6) is -1.16. The molecule has 0 saturated heterocycles. The van der Waals surface area contributed by atoms with Gasteiger partial charge in [0, 0.05) is 6.04 Å². The molecule has 8 heteroatoms. The summed E-state index contributed by atoms with van der Waals surface area (Å²) in [6.07, 6.45) is 4.06. The van der Waals surface area contributed by atoms with Gasteiger partial charge in [0.1, 0.15) is 6.54 Å². The molecule has 0 atom stereocenters. The van der Waals surface area contributed by atoms with Gasteiger partial charge in [-0.3, -0.25) is 9.59 Å². The average molecular weight is 354 g/mol. The molecular weight excluding hydrogens is 332 g/mol. The number of hydrogen-bond donors (Lipinski definition) is 2. The van der Waals surface area contributed by atoms with Crippen LogP contribution in [-0.2, 0) is 24.3 Å². The summed E-state index contributed by atoms with van der Waals surface area (Å²) in [4.78, 5) is 23.3. The lowest BCUT2D eigenvalue weighted by atomic mass is 10.2. The Morgan fingerprint density at radius 2 is 1.79 bits per heavy atom. The number of ether oxygens (including phenoxy) is 1. The van der Waals surface area contributed by atoms with Gasteiger partial charge in [0.2, 0.25) is 10.0 Å². The predicted molar refractivity (Wildman–Crippen MR) is 87.7 cm³/mol. The molecule has 1 aromatic rings. The van der Waals surface area contributed by atoms with E-state index in [1.165, 1.54) is 12.1 Å². The standard InChI is InChI=1S/C16H22N2O5S/c1-12-6-8-14(9-7-12)24(21,22)17-10-16(20)23-11-15(19)18-13-4-2-3-5-13/h6-9,13,17H,2-5,10-11H2,1H3,(H,18,19). The van der Waals surface area contributed by atoms with Gasteiger partial charge >= 0.3 is 5.97 Å². The van der Waals surface area contributed by atoms with Crippen LogP contribution in [0, 0.1) is 6.92 Å². The minimum absolute atomic E-state index is 0.0693. The maximum Gasteiger partial charge on any atom is 0.321 e. The van der Waals surface area contributed by atoms with Crippen LogP contribution in [0.1, 0.15) is 31.2 Å². The molecule has 1 aliphatic rings. The molecule has 24 heavy (non-hydrogen) atoms. The van der Waals surface area contributed by atoms with Crippen molar-refractivity contribution in [3.8, 4) is 0 Å². The predicted octanol–water partition coefficient (Wildman–Crippen LogP) is 0.875. The van der Waals surface area contributed by atoms with E-state index in [-0.39, 0.29) is 16.8 Å². The molecule has 0 radical (unpaired) electrons. The summed E-state index contributed by atoms with van der Waals surface area (Å²) < 4.78 is 31.0. The molecule has 132 valence electrons. The molecule has 0 bridgehead atoms. The van der Waals surface area contributed by atoms with E-state index in [0.717, 1.165) is 31.2 Å². The first-order valence-corrected chi connectivity index (χ1v) is 9.36. The molecule has 1 saturated carbocycles. The number of carbonyl (C=O) groups is 2. The third-order valence-electron chi connectivity index (χ3n) is 3.82. The molecule has 0 spiro atoms. The van der Waals surface area contributed by atoms with Crippen LogP contribution in [0.15, 0.2) is 29.2 Å². The number of nitrogens with one attached hydrogen (secondary N) is 2. The maximum absolute atomic E-state index is 12.0. The van der Waals surface area contributed by atoms with Gasteiger partial charge in [-0.05, 0) is 31.9 Å². The second-order valence-electron chi connectivity index (χ2n) is 5.85.